The predicted molar refractivity (Wildman–Crippen MR) is 71.2 cm³/mol. The smallest absolute Gasteiger partial charge is 0.119 e. The third kappa shape index (κ3) is 3.26. The van der Waals surface area contributed by atoms with Crippen molar-refractivity contribution in [3.05, 3.63) is 59.7 Å². The predicted octanol–water partition coefficient (Wildman–Crippen LogP) is 2.76. The van der Waals surface area contributed by atoms with E-state index in [4.69, 9.17) is 15.7 Å². The second-order valence-electron chi connectivity index (χ2n) is 3.98. The summed E-state index contributed by atoms with van der Waals surface area (Å²) < 4.78 is 5.60. The fourth-order valence-corrected chi connectivity index (χ4v) is 1.60. The van der Waals surface area contributed by atoms with Crippen LogP contribution in [0.1, 0.15) is 11.1 Å². The Morgan fingerprint density at radius 1 is 1.00 bits per heavy atom. The lowest BCUT2D eigenvalue weighted by atomic mass is 10.1. The first-order valence-electron chi connectivity index (χ1n) is 5.75. The van der Waals surface area contributed by atoms with Gasteiger partial charge in [-0.1, -0.05) is 12.1 Å². The van der Waals surface area contributed by atoms with E-state index in [1.807, 2.05) is 36.4 Å². The first-order valence-corrected chi connectivity index (χ1v) is 5.75. The number of ether oxygens (including phenoxy) is 1. The van der Waals surface area contributed by atoms with Gasteiger partial charge in [-0.25, -0.2) is 0 Å². The SMILES string of the molecule is N#Cc1ccc(OCCc2ccc(N)cc2)cc1. The van der Waals surface area contributed by atoms with Crippen LogP contribution in [0.25, 0.3) is 0 Å². The average Bonchev–Trinajstić information content (AvgIpc) is 2.42. The van der Waals surface area contributed by atoms with Crippen molar-refractivity contribution >= 4 is 5.69 Å². The number of nitrogen functional groups attached to an aromatic ring is 1. The molecule has 0 unspecified atom stereocenters. The normalized spacial score (nSPS) is 9.72. The summed E-state index contributed by atoms with van der Waals surface area (Å²) in [4.78, 5) is 0. The number of hydrogen-bond acceptors (Lipinski definition) is 3. The molecule has 2 aromatic rings. The summed E-state index contributed by atoms with van der Waals surface area (Å²) in [5.74, 6) is 0.782. The highest BCUT2D eigenvalue weighted by molar-refractivity contribution is 5.39. The second kappa shape index (κ2) is 5.74. The highest BCUT2D eigenvalue weighted by Gasteiger charge is 1.96. The molecule has 18 heavy (non-hydrogen) atoms. The van der Waals surface area contributed by atoms with Gasteiger partial charge < -0.3 is 10.5 Å². The van der Waals surface area contributed by atoms with E-state index in [1.165, 1.54) is 5.56 Å². The summed E-state index contributed by atoms with van der Waals surface area (Å²) >= 11 is 0. The van der Waals surface area contributed by atoms with Crippen molar-refractivity contribution in [2.45, 2.75) is 6.42 Å². The van der Waals surface area contributed by atoms with E-state index in [0.29, 0.717) is 12.2 Å². The second-order valence-corrected chi connectivity index (χ2v) is 3.98. The molecule has 0 atom stereocenters. The van der Waals surface area contributed by atoms with E-state index in [0.717, 1.165) is 17.9 Å². The van der Waals surface area contributed by atoms with Gasteiger partial charge in [0.25, 0.3) is 0 Å². The highest BCUT2D eigenvalue weighted by Crippen LogP contribution is 2.12. The molecule has 0 bridgehead atoms. The van der Waals surface area contributed by atoms with E-state index in [1.54, 1.807) is 12.1 Å². The largest absolute Gasteiger partial charge is 0.493 e. The van der Waals surface area contributed by atoms with Crippen LogP contribution < -0.4 is 10.5 Å². The Morgan fingerprint density at radius 3 is 2.28 bits per heavy atom. The lowest BCUT2D eigenvalue weighted by Crippen LogP contribution is -2.01. The molecule has 2 rings (SSSR count). The van der Waals surface area contributed by atoms with Crippen molar-refractivity contribution in [3.63, 3.8) is 0 Å². The first-order chi connectivity index (χ1) is 8.78. The Balaban J connectivity index is 1.84. The number of anilines is 1. The Hall–Kier alpha value is -2.47. The monoisotopic (exact) mass is 238 g/mol. The zero-order valence-electron chi connectivity index (χ0n) is 9.97. The van der Waals surface area contributed by atoms with Crippen LogP contribution >= 0.6 is 0 Å². The molecular formula is C15H14N2O. The molecule has 0 aliphatic rings. The Morgan fingerprint density at radius 2 is 1.67 bits per heavy atom. The molecule has 0 saturated carbocycles. The van der Waals surface area contributed by atoms with Gasteiger partial charge in [0.15, 0.2) is 0 Å². The van der Waals surface area contributed by atoms with Gasteiger partial charge in [0, 0.05) is 12.1 Å². The van der Waals surface area contributed by atoms with Crippen molar-refractivity contribution in [2.24, 2.45) is 0 Å². The molecule has 0 saturated heterocycles. The molecule has 0 aromatic heterocycles. The van der Waals surface area contributed by atoms with E-state index < -0.39 is 0 Å². The minimum absolute atomic E-state index is 0.607. The Bertz CT molecular complexity index is 538. The van der Waals surface area contributed by atoms with Gasteiger partial charge in [0.1, 0.15) is 5.75 Å². The first kappa shape index (κ1) is 12.0. The lowest BCUT2D eigenvalue weighted by molar-refractivity contribution is 0.322. The van der Waals surface area contributed by atoms with Gasteiger partial charge in [0.05, 0.1) is 18.2 Å². The van der Waals surface area contributed by atoms with E-state index in [9.17, 15) is 0 Å². The van der Waals surface area contributed by atoms with Crippen LogP contribution in [-0.2, 0) is 6.42 Å². The Labute approximate surface area is 106 Å². The molecule has 2 N–H and O–H groups in total. The maximum atomic E-state index is 8.67. The topological polar surface area (TPSA) is 59.0 Å². The third-order valence-corrected chi connectivity index (χ3v) is 2.62. The minimum atomic E-state index is 0.607. The van der Waals surface area contributed by atoms with Gasteiger partial charge in [-0.3, -0.25) is 0 Å². The van der Waals surface area contributed by atoms with Crippen LogP contribution in [0, 0.1) is 11.3 Å². The molecule has 2 aromatic carbocycles. The molecule has 0 fully saturated rings. The fourth-order valence-electron chi connectivity index (χ4n) is 1.60. The van der Waals surface area contributed by atoms with Crippen molar-refractivity contribution < 1.29 is 4.74 Å². The molecule has 0 heterocycles. The number of nitrogens with two attached hydrogens (primary N) is 1. The highest BCUT2D eigenvalue weighted by atomic mass is 16.5. The van der Waals surface area contributed by atoms with Crippen LogP contribution in [0.5, 0.6) is 5.75 Å². The van der Waals surface area contributed by atoms with Gasteiger partial charge >= 0.3 is 0 Å². The van der Waals surface area contributed by atoms with Crippen molar-refractivity contribution in [1.29, 1.82) is 5.26 Å². The summed E-state index contributed by atoms with van der Waals surface area (Å²) in [6.07, 6.45) is 0.834. The van der Waals surface area contributed by atoms with Crippen molar-refractivity contribution in [1.82, 2.24) is 0 Å². The minimum Gasteiger partial charge on any atom is -0.493 e. The van der Waals surface area contributed by atoms with Crippen LogP contribution in [0.3, 0.4) is 0 Å². The molecule has 0 aliphatic carbocycles. The van der Waals surface area contributed by atoms with Gasteiger partial charge in [-0.15, -0.1) is 0 Å². The van der Waals surface area contributed by atoms with Crippen LogP contribution in [0.2, 0.25) is 0 Å². The van der Waals surface area contributed by atoms with Crippen molar-refractivity contribution in [3.8, 4) is 11.8 Å². The maximum absolute atomic E-state index is 8.67. The number of hydrogen-bond donors (Lipinski definition) is 1. The zero-order valence-corrected chi connectivity index (χ0v) is 9.97. The number of nitriles is 1. The zero-order chi connectivity index (χ0) is 12.8. The fraction of sp³-hybridized carbons (Fsp3) is 0.133. The van der Waals surface area contributed by atoms with Gasteiger partial charge in [-0.2, -0.15) is 5.26 Å². The van der Waals surface area contributed by atoms with Crippen LogP contribution in [0.4, 0.5) is 5.69 Å². The average molecular weight is 238 g/mol. The van der Waals surface area contributed by atoms with E-state index >= 15 is 0 Å². The summed E-state index contributed by atoms with van der Waals surface area (Å²) in [7, 11) is 0. The molecule has 0 amide bonds. The van der Waals surface area contributed by atoms with Crippen LogP contribution in [0.15, 0.2) is 48.5 Å². The molecule has 0 spiro atoms. The van der Waals surface area contributed by atoms with E-state index in [2.05, 4.69) is 6.07 Å². The molecule has 0 radical (unpaired) electrons. The van der Waals surface area contributed by atoms with E-state index in [-0.39, 0.29) is 0 Å². The maximum Gasteiger partial charge on any atom is 0.119 e. The van der Waals surface area contributed by atoms with Crippen molar-refractivity contribution in [2.75, 3.05) is 12.3 Å². The molecular weight excluding hydrogens is 224 g/mol. The van der Waals surface area contributed by atoms with Gasteiger partial charge in [0.2, 0.25) is 0 Å². The quantitative estimate of drug-likeness (QED) is 0.833. The Kier molecular flexibility index (Phi) is 3.83. The van der Waals surface area contributed by atoms with Gasteiger partial charge in [-0.05, 0) is 42.0 Å². The lowest BCUT2D eigenvalue weighted by Gasteiger charge is -2.06. The number of benzene rings is 2. The summed E-state index contributed by atoms with van der Waals surface area (Å²) in [5.41, 5.74) is 8.22. The molecule has 0 aliphatic heterocycles. The molecule has 3 nitrogen and oxygen atoms in total. The third-order valence-electron chi connectivity index (χ3n) is 2.62. The molecule has 90 valence electrons. The standard InChI is InChI=1S/C15H14N2O/c16-11-13-3-7-15(8-4-13)18-10-9-12-1-5-14(17)6-2-12/h1-8H,9-10,17H2. The summed E-state index contributed by atoms with van der Waals surface area (Å²) in [5, 5.41) is 8.67. The van der Waals surface area contributed by atoms with Crippen LogP contribution in [-0.4, -0.2) is 6.61 Å². The number of nitrogens with zero attached hydrogens (tertiary/aromatic N) is 1. The summed E-state index contributed by atoms with van der Waals surface area (Å²) in [6.45, 7) is 0.607. The molecule has 3 heteroatoms. The summed E-state index contributed by atoms with van der Waals surface area (Å²) in [6, 6.07) is 17.0. The number of rotatable bonds is 4.